The number of benzene rings is 1. The standard InChI is InChI=1S/C14H13Cl2NO3/c1-2-3-12(14(19)20)17-13(18)7-5-9-4-6-10(15)8-11(9)16/h1,4,6,8,12H,3,5,7H2,(H,17,18)(H,19,20). The van der Waals surface area contributed by atoms with Crippen molar-refractivity contribution in [3.63, 3.8) is 0 Å². The van der Waals surface area contributed by atoms with Crippen molar-refractivity contribution in [2.75, 3.05) is 0 Å². The molecule has 0 aliphatic carbocycles. The maximum Gasteiger partial charge on any atom is 0.327 e. The van der Waals surface area contributed by atoms with Crippen LogP contribution in [0.25, 0.3) is 0 Å². The van der Waals surface area contributed by atoms with Crippen LogP contribution in [0, 0.1) is 12.3 Å². The molecular weight excluding hydrogens is 301 g/mol. The number of terminal acetylenes is 1. The highest BCUT2D eigenvalue weighted by Crippen LogP contribution is 2.21. The molecule has 1 aromatic rings. The second kappa shape index (κ2) is 7.78. The van der Waals surface area contributed by atoms with Gasteiger partial charge < -0.3 is 10.4 Å². The predicted molar refractivity (Wildman–Crippen MR) is 77.8 cm³/mol. The quantitative estimate of drug-likeness (QED) is 0.793. The topological polar surface area (TPSA) is 66.4 Å². The van der Waals surface area contributed by atoms with Crippen molar-refractivity contribution < 1.29 is 14.7 Å². The predicted octanol–water partition coefficient (Wildman–Crippen LogP) is 2.52. The lowest BCUT2D eigenvalue weighted by molar-refractivity contribution is -0.141. The van der Waals surface area contributed by atoms with Gasteiger partial charge in [0, 0.05) is 22.9 Å². The average Bonchev–Trinajstić information content (AvgIpc) is 2.37. The molecule has 1 unspecified atom stereocenters. The second-order valence-electron chi connectivity index (χ2n) is 4.10. The van der Waals surface area contributed by atoms with Crippen molar-refractivity contribution in [3.05, 3.63) is 33.8 Å². The molecule has 20 heavy (non-hydrogen) atoms. The van der Waals surface area contributed by atoms with E-state index in [0.717, 1.165) is 5.56 Å². The van der Waals surface area contributed by atoms with E-state index < -0.39 is 17.9 Å². The van der Waals surface area contributed by atoms with E-state index in [0.29, 0.717) is 16.5 Å². The molecule has 0 bridgehead atoms. The molecule has 106 valence electrons. The van der Waals surface area contributed by atoms with Crippen LogP contribution in [0.3, 0.4) is 0 Å². The number of halogens is 2. The van der Waals surface area contributed by atoms with Crippen LogP contribution in [0.2, 0.25) is 10.0 Å². The number of nitrogens with one attached hydrogen (secondary N) is 1. The van der Waals surface area contributed by atoms with E-state index in [2.05, 4.69) is 11.2 Å². The fraction of sp³-hybridized carbons (Fsp3) is 0.286. The van der Waals surface area contributed by atoms with Crippen LogP contribution in [-0.2, 0) is 16.0 Å². The summed E-state index contributed by atoms with van der Waals surface area (Å²) in [5.74, 6) is 0.670. The van der Waals surface area contributed by atoms with Gasteiger partial charge in [0.25, 0.3) is 0 Å². The van der Waals surface area contributed by atoms with Gasteiger partial charge >= 0.3 is 5.97 Å². The first-order chi connectivity index (χ1) is 9.43. The molecule has 4 nitrogen and oxygen atoms in total. The summed E-state index contributed by atoms with van der Waals surface area (Å²) in [6.45, 7) is 0. The largest absolute Gasteiger partial charge is 0.480 e. The maximum absolute atomic E-state index is 11.7. The number of aliphatic carboxylic acids is 1. The fourth-order valence-corrected chi connectivity index (χ4v) is 2.06. The summed E-state index contributed by atoms with van der Waals surface area (Å²) in [4.78, 5) is 22.5. The van der Waals surface area contributed by atoms with E-state index in [9.17, 15) is 9.59 Å². The zero-order valence-corrected chi connectivity index (χ0v) is 12.0. The van der Waals surface area contributed by atoms with Crippen LogP contribution in [0.1, 0.15) is 18.4 Å². The summed E-state index contributed by atoms with van der Waals surface area (Å²) in [6, 6.07) is 3.94. The van der Waals surface area contributed by atoms with Crippen LogP contribution >= 0.6 is 23.2 Å². The highest BCUT2D eigenvalue weighted by Gasteiger charge is 2.18. The van der Waals surface area contributed by atoms with Gasteiger partial charge in [0.15, 0.2) is 0 Å². The van der Waals surface area contributed by atoms with E-state index in [1.165, 1.54) is 0 Å². The highest BCUT2D eigenvalue weighted by molar-refractivity contribution is 6.35. The molecule has 0 saturated heterocycles. The number of carboxylic acids is 1. The molecule has 1 amide bonds. The van der Waals surface area contributed by atoms with Gasteiger partial charge in [-0.05, 0) is 24.1 Å². The molecular formula is C14H13Cl2NO3. The van der Waals surface area contributed by atoms with Gasteiger partial charge in [-0.25, -0.2) is 4.79 Å². The van der Waals surface area contributed by atoms with E-state index in [-0.39, 0.29) is 12.8 Å². The van der Waals surface area contributed by atoms with Crippen LogP contribution in [-0.4, -0.2) is 23.0 Å². The first kappa shape index (κ1) is 16.4. The number of hydrogen-bond donors (Lipinski definition) is 2. The van der Waals surface area contributed by atoms with E-state index in [4.69, 9.17) is 34.7 Å². The molecule has 1 atom stereocenters. The molecule has 0 fully saturated rings. The molecule has 0 aliphatic heterocycles. The van der Waals surface area contributed by atoms with Crippen molar-refractivity contribution >= 4 is 35.1 Å². The number of aryl methyl sites for hydroxylation is 1. The van der Waals surface area contributed by atoms with Crippen LogP contribution in [0.15, 0.2) is 18.2 Å². The Morgan fingerprint density at radius 2 is 2.10 bits per heavy atom. The van der Waals surface area contributed by atoms with Crippen molar-refractivity contribution in [2.24, 2.45) is 0 Å². The van der Waals surface area contributed by atoms with Gasteiger partial charge in [-0.3, -0.25) is 4.79 Å². The van der Waals surface area contributed by atoms with Gasteiger partial charge in [-0.2, -0.15) is 0 Å². The number of carbonyl (C=O) groups is 2. The highest BCUT2D eigenvalue weighted by atomic mass is 35.5. The molecule has 6 heteroatoms. The van der Waals surface area contributed by atoms with E-state index in [1.807, 2.05) is 0 Å². The van der Waals surface area contributed by atoms with Crippen molar-refractivity contribution in [1.29, 1.82) is 0 Å². The number of carboxylic acid groups (broad SMARTS) is 1. The van der Waals surface area contributed by atoms with Crippen molar-refractivity contribution in [1.82, 2.24) is 5.32 Å². The smallest absolute Gasteiger partial charge is 0.327 e. The minimum Gasteiger partial charge on any atom is -0.480 e. The molecule has 0 heterocycles. The minimum atomic E-state index is -1.15. The Kier molecular flexibility index (Phi) is 6.37. The zero-order chi connectivity index (χ0) is 15.1. The monoisotopic (exact) mass is 313 g/mol. The van der Waals surface area contributed by atoms with Crippen molar-refractivity contribution in [2.45, 2.75) is 25.3 Å². The second-order valence-corrected chi connectivity index (χ2v) is 4.95. The summed E-state index contributed by atoms with van der Waals surface area (Å²) in [5, 5.41) is 12.2. The molecule has 0 saturated carbocycles. The maximum atomic E-state index is 11.7. The molecule has 2 N–H and O–H groups in total. The summed E-state index contributed by atoms with van der Waals surface area (Å²) in [5.41, 5.74) is 0.773. The Labute approximate surface area is 127 Å². The molecule has 0 aromatic heterocycles. The lowest BCUT2D eigenvalue weighted by atomic mass is 10.1. The Morgan fingerprint density at radius 3 is 2.65 bits per heavy atom. The molecule has 1 rings (SSSR count). The Balaban J connectivity index is 2.55. The van der Waals surface area contributed by atoms with Gasteiger partial charge in [0.2, 0.25) is 5.91 Å². The summed E-state index contributed by atoms with van der Waals surface area (Å²) in [6.07, 6.45) is 5.51. The van der Waals surface area contributed by atoms with Gasteiger partial charge in [-0.15, -0.1) is 12.3 Å². The van der Waals surface area contributed by atoms with Gasteiger partial charge in [0.1, 0.15) is 6.04 Å². The molecule has 1 aromatic carbocycles. The number of carbonyl (C=O) groups excluding carboxylic acids is 1. The van der Waals surface area contributed by atoms with Gasteiger partial charge in [0.05, 0.1) is 0 Å². The van der Waals surface area contributed by atoms with Crippen LogP contribution < -0.4 is 5.32 Å². The fourth-order valence-electron chi connectivity index (χ4n) is 1.56. The normalized spacial score (nSPS) is 11.4. The lowest BCUT2D eigenvalue weighted by Gasteiger charge is -2.12. The third-order valence-corrected chi connectivity index (χ3v) is 3.18. The molecule has 0 spiro atoms. The molecule has 0 aliphatic rings. The number of amides is 1. The Bertz CT molecular complexity index is 552. The van der Waals surface area contributed by atoms with Gasteiger partial charge in [-0.1, -0.05) is 29.3 Å². The first-order valence-corrected chi connectivity index (χ1v) is 6.59. The zero-order valence-electron chi connectivity index (χ0n) is 10.5. The van der Waals surface area contributed by atoms with Crippen LogP contribution in [0.4, 0.5) is 0 Å². The third kappa shape index (κ3) is 5.12. The average molecular weight is 314 g/mol. The summed E-state index contributed by atoms with van der Waals surface area (Å²) >= 11 is 11.8. The number of hydrogen-bond acceptors (Lipinski definition) is 2. The third-order valence-electron chi connectivity index (χ3n) is 2.59. The Hall–Kier alpha value is -1.70. The van der Waals surface area contributed by atoms with Crippen LogP contribution in [0.5, 0.6) is 0 Å². The molecule has 0 radical (unpaired) electrons. The van der Waals surface area contributed by atoms with E-state index in [1.54, 1.807) is 18.2 Å². The summed E-state index contributed by atoms with van der Waals surface area (Å²) < 4.78 is 0. The summed E-state index contributed by atoms with van der Waals surface area (Å²) in [7, 11) is 0. The first-order valence-electron chi connectivity index (χ1n) is 5.83. The Morgan fingerprint density at radius 1 is 1.40 bits per heavy atom. The van der Waals surface area contributed by atoms with Crippen molar-refractivity contribution in [3.8, 4) is 12.3 Å². The SMILES string of the molecule is C#CCC(NC(=O)CCc1ccc(Cl)cc1Cl)C(=O)O. The minimum absolute atomic E-state index is 0.0528. The number of rotatable bonds is 6. The lowest BCUT2D eigenvalue weighted by Crippen LogP contribution is -2.40. The van der Waals surface area contributed by atoms with E-state index >= 15 is 0 Å².